The summed E-state index contributed by atoms with van der Waals surface area (Å²) in [6.45, 7) is 6.27. The van der Waals surface area contributed by atoms with Crippen molar-refractivity contribution in [3.05, 3.63) is 52.4 Å². The number of carbonyl (C=O) groups excluding carboxylic acids is 1. The molecule has 2 atom stereocenters. The van der Waals surface area contributed by atoms with Crippen LogP contribution in [0.3, 0.4) is 0 Å². The van der Waals surface area contributed by atoms with E-state index < -0.39 is 10.0 Å². The second-order valence-corrected chi connectivity index (χ2v) is 11.1. The Kier molecular flexibility index (Phi) is 7.34. The van der Waals surface area contributed by atoms with E-state index in [2.05, 4.69) is 24.4 Å². The topological polar surface area (TPSA) is 69.7 Å². The predicted molar refractivity (Wildman–Crippen MR) is 117 cm³/mol. The molecule has 0 bridgehead atoms. The Hall–Kier alpha value is -1.45. The van der Waals surface area contributed by atoms with E-state index in [0.717, 1.165) is 11.3 Å². The summed E-state index contributed by atoms with van der Waals surface area (Å²) in [5, 5.41) is 3.02. The normalized spacial score (nSPS) is 18.3. The molecule has 2 aromatic rings. The molecule has 1 amide bonds. The van der Waals surface area contributed by atoms with E-state index in [4.69, 9.17) is 11.6 Å². The van der Waals surface area contributed by atoms with Crippen LogP contribution in [-0.2, 0) is 14.8 Å². The molecule has 2 heterocycles. The number of amides is 1. The smallest absolute Gasteiger partial charge is 0.252 e. The van der Waals surface area contributed by atoms with E-state index in [1.165, 1.54) is 9.87 Å². The average Bonchev–Trinajstić information content (AvgIpc) is 3.19. The fraction of sp³-hybridized carbons (Fsp3) is 0.450. The third-order valence-corrected chi connectivity index (χ3v) is 8.89. The fourth-order valence-corrected chi connectivity index (χ4v) is 6.42. The molecule has 3 rings (SSSR count). The van der Waals surface area contributed by atoms with Gasteiger partial charge in [-0.3, -0.25) is 9.69 Å². The molecule has 1 N–H and O–H groups in total. The fourth-order valence-electron chi connectivity index (χ4n) is 3.36. The molecule has 0 saturated carbocycles. The van der Waals surface area contributed by atoms with E-state index >= 15 is 0 Å². The SMILES string of the molecule is C[C@H](CNC(=O)[C@H](C)N1CCN(S(=O)(=O)c2ccc(Cl)s2)CC1)c1ccccc1. The quantitative estimate of drug-likeness (QED) is 0.696. The van der Waals surface area contributed by atoms with Gasteiger partial charge in [0, 0.05) is 32.7 Å². The zero-order chi connectivity index (χ0) is 21.0. The van der Waals surface area contributed by atoms with Gasteiger partial charge in [0.2, 0.25) is 5.91 Å². The molecule has 1 saturated heterocycles. The maximum atomic E-state index is 12.7. The number of halogens is 1. The van der Waals surface area contributed by atoms with Crippen molar-refractivity contribution in [2.75, 3.05) is 32.7 Å². The van der Waals surface area contributed by atoms with Gasteiger partial charge in [-0.25, -0.2) is 8.42 Å². The van der Waals surface area contributed by atoms with Crippen LogP contribution in [0.5, 0.6) is 0 Å². The van der Waals surface area contributed by atoms with E-state index in [9.17, 15) is 13.2 Å². The van der Waals surface area contributed by atoms with Crippen LogP contribution in [0.25, 0.3) is 0 Å². The van der Waals surface area contributed by atoms with Gasteiger partial charge in [-0.1, -0.05) is 48.9 Å². The maximum absolute atomic E-state index is 12.7. The molecular formula is C20H26ClN3O3S2. The highest BCUT2D eigenvalue weighted by atomic mass is 35.5. The van der Waals surface area contributed by atoms with Gasteiger partial charge in [0.15, 0.2) is 0 Å². The minimum atomic E-state index is -3.52. The summed E-state index contributed by atoms with van der Waals surface area (Å²) < 4.78 is 27.6. The molecule has 0 unspecified atom stereocenters. The van der Waals surface area contributed by atoms with Crippen molar-refractivity contribution in [3.63, 3.8) is 0 Å². The lowest BCUT2D eigenvalue weighted by Crippen LogP contribution is -2.55. The zero-order valence-corrected chi connectivity index (χ0v) is 18.9. The van der Waals surface area contributed by atoms with Crippen molar-refractivity contribution < 1.29 is 13.2 Å². The van der Waals surface area contributed by atoms with E-state index in [0.29, 0.717) is 37.1 Å². The van der Waals surface area contributed by atoms with Gasteiger partial charge in [-0.2, -0.15) is 4.31 Å². The van der Waals surface area contributed by atoms with Crippen LogP contribution in [-0.4, -0.2) is 62.3 Å². The van der Waals surface area contributed by atoms with E-state index in [1.807, 2.05) is 30.0 Å². The van der Waals surface area contributed by atoms with Crippen molar-refractivity contribution in [3.8, 4) is 0 Å². The summed E-state index contributed by atoms with van der Waals surface area (Å²) in [4.78, 5) is 14.6. The highest BCUT2D eigenvalue weighted by Gasteiger charge is 2.32. The Morgan fingerprint density at radius 1 is 1.10 bits per heavy atom. The van der Waals surface area contributed by atoms with Crippen LogP contribution >= 0.6 is 22.9 Å². The number of carbonyl (C=O) groups is 1. The molecule has 6 nitrogen and oxygen atoms in total. The summed E-state index contributed by atoms with van der Waals surface area (Å²) in [6.07, 6.45) is 0. The Labute approximate surface area is 181 Å². The number of benzene rings is 1. The lowest BCUT2D eigenvalue weighted by atomic mass is 10.0. The van der Waals surface area contributed by atoms with Crippen LogP contribution in [0.15, 0.2) is 46.7 Å². The number of thiophene rings is 1. The lowest BCUT2D eigenvalue weighted by molar-refractivity contribution is -0.126. The standard InChI is InChI=1S/C20H26ClN3O3S2/c1-15(17-6-4-3-5-7-17)14-22-20(25)16(2)23-10-12-24(13-11-23)29(26,27)19-9-8-18(21)28-19/h3-9,15-16H,10-14H2,1-2H3,(H,22,25)/t15-,16+/m1/s1. The number of rotatable bonds is 7. The molecule has 158 valence electrons. The summed E-state index contributed by atoms with van der Waals surface area (Å²) in [7, 11) is -3.52. The molecular weight excluding hydrogens is 430 g/mol. The largest absolute Gasteiger partial charge is 0.354 e. The van der Waals surface area contributed by atoms with Crippen molar-refractivity contribution >= 4 is 38.9 Å². The summed E-state index contributed by atoms with van der Waals surface area (Å²) >= 11 is 6.94. The number of nitrogens with one attached hydrogen (secondary N) is 1. The highest BCUT2D eigenvalue weighted by Crippen LogP contribution is 2.28. The van der Waals surface area contributed by atoms with Crippen LogP contribution in [0.4, 0.5) is 0 Å². The average molecular weight is 456 g/mol. The van der Waals surface area contributed by atoms with Gasteiger partial charge in [-0.05, 0) is 30.5 Å². The number of piperazine rings is 1. The molecule has 0 spiro atoms. The highest BCUT2D eigenvalue weighted by molar-refractivity contribution is 7.91. The Bertz CT molecular complexity index is 925. The second-order valence-electron chi connectivity index (χ2n) is 7.23. The molecule has 0 radical (unpaired) electrons. The predicted octanol–water partition coefficient (Wildman–Crippen LogP) is 3.02. The minimum Gasteiger partial charge on any atom is -0.354 e. The number of hydrogen-bond acceptors (Lipinski definition) is 5. The molecule has 9 heteroatoms. The molecule has 1 aromatic heterocycles. The molecule has 0 aliphatic carbocycles. The number of hydrogen-bond donors (Lipinski definition) is 1. The maximum Gasteiger partial charge on any atom is 0.252 e. The number of sulfonamides is 1. The molecule has 1 fully saturated rings. The summed E-state index contributed by atoms with van der Waals surface area (Å²) in [5.41, 5.74) is 1.19. The molecule has 1 aromatic carbocycles. The number of nitrogens with zero attached hydrogens (tertiary/aromatic N) is 2. The lowest BCUT2D eigenvalue weighted by Gasteiger charge is -2.36. The van der Waals surface area contributed by atoms with Crippen molar-refractivity contribution in [1.82, 2.24) is 14.5 Å². The van der Waals surface area contributed by atoms with Crippen molar-refractivity contribution in [2.45, 2.75) is 30.0 Å². The second kappa shape index (κ2) is 9.57. The first-order chi connectivity index (χ1) is 13.8. The van der Waals surface area contributed by atoms with Gasteiger partial charge in [0.25, 0.3) is 10.0 Å². The molecule has 1 aliphatic rings. The Morgan fingerprint density at radius 3 is 2.34 bits per heavy atom. The third-order valence-electron chi connectivity index (χ3n) is 5.29. The van der Waals surface area contributed by atoms with Crippen molar-refractivity contribution in [1.29, 1.82) is 0 Å². The van der Waals surface area contributed by atoms with Crippen LogP contribution < -0.4 is 5.32 Å². The summed E-state index contributed by atoms with van der Waals surface area (Å²) in [6, 6.07) is 12.9. The van der Waals surface area contributed by atoms with Gasteiger partial charge in [-0.15, -0.1) is 11.3 Å². The summed E-state index contributed by atoms with van der Waals surface area (Å²) in [5.74, 6) is 0.195. The molecule has 1 aliphatic heterocycles. The van der Waals surface area contributed by atoms with Gasteiger partial charge < -0.3 is 5.32 Å². The van der Waals surface area contributed by atoms with Gasteiger partial charge in [0.05, 0.1) is 10.4 Å². The minimum absolute atomic E-state index is 0.0332. The Balaban J connectivity index is 1.50. The van der Waals surface area contributed by atoms with E-state index in [1.54, 1.807) is 12.1 Å². The monoisotopic (exact) mass is 455 g/mol. The van der Waals surface area contributed by atoms with Gasteiger partial charge in [0.1, 0.15) is 4.21 Å². The van der Waals surface area contributed by atoms with Crippen LogP contribution in [0, 0.1) is 0 Å². The third kappa shape index (κ3) is 5.38. The molecule has 29 heavy (non-hydrogen) atoms. The van der Waals surface area contributed by atoms with Crippen LogP contribution in [0.2, 0.25) is 4.34 Å². The zero-order valence-electron chi connectivity index (χ0n) is 16.5. The van der Waals surface area contributed by atoms with Gasteiger partial charge >= 0.3 is 0 Å². The van der Waals surface area contributed by atoms with E-state index in [-0.39, 0.29) is 22.1 Å². The first kappa shape index (κ1) is 22.2. The van der Waals surface area contributed by atoms with Crippen molar-refractivity contribution in [2.24, 2.45) is 0 Å². The van der Waals surface area contributed by atoms with Crippen LogP contribution in [0.1, 0.15) is 25.3 Å². The first-order valence-electron chi connectivity index (χ1n) is 9.61. The Morgan fingerprint density at radius 2 is 1.76 bits per heavy atom. The first-order valence-corrected chi connectivity index (χ1v) is 12.2.